The molecule has 5 heteroatoms. The van der Waals surface area contributed by atoms with Crippen LogP contribution < -0.4 is 10.5 Å². The molecular formula is C14H22N2O3. The molecule has 0 radical (unpaired) electrons. The molecule has 0 fully saturated rings. The van der Waals surface area contributed by atoms with Crippen LogP contribution in [-0.2, 0) is 0 Å². The number of nitrogens with two attached hydrogens (primary N) is 1. The lowest BCUT2D eigenvalue weighted by atomic mass is 9.92. The van der Waals surface area contributed by atoms with Gasteiger partial charge in [0.15, 0.2) is 5.75 Å². The molecule has 0 heterocycles. The molecule has 1 aromatic carbocycles. The van der Waals surface area contributed by atoms with Gasteiger partial charge >= 0.3 is 5.69 Å². The van der Waals surface area contributed by atoms with Crippen LogP contribution in [0.15, 0.2) is 18.2 Å². The van der Waals surface area contributed by atoms with E-state index in [1.54, 1.807) is 12.1 Å². The average Bonchev–Trinajstić information content (AvgIpc) is 2.42. The van der Waals surface area contributed by atoms with E-state index >= 15 is 0 Å². The van der Waals surface area contributed by atoms with Gasteiger partial charge in [-0.15, -0.1) is 0 Å². The van der Waals surface area contributed by atoms with Crippen LogP contribution in [0.25, 0.3) is 0 Å². The summed E-state index contributed by atoms with van der Waals surface area (Å²) in [7, 11) is 0. The van der Waals surface area contributed by atoms with E-state index in [9.17, 15) is 10.1 Å². The van der Waals surface area contributed by atoms with Crippen LogP contribution in [0.5, 0.6) is 5.75 Å². The Morgan fingerprint density at radius 2 is 2.11 bits per heavy atom. The molecule has 5 nitrogen and oxygen atoms in total. The first-order valence-corrected chi connectivity index (χ1v) is 6.67. The minimum Gasteiger partial charge on any atom is -0.487 e. The normalized spacial score (nSPS) is 13.9. The molecule has 1 rings (SSSR count). The molecule has 1 aromatic rings. The van der Waals surface area contributed by atoms with E-state index in [1.165, 1.54) is 6.07 Å². The maximum Gasteiger partial charge on any atom is 0.310 e. The highest BCUT2D eigenvalue weighted by atomic mass is 16.6. The highest BCUT2D eigenvalue weighted by Crippen LogP contribution is 2.32. The molecule has 0 saturated carbocycles. The van der Waals surface area contributed by atoms with Crippen molar-refractivity contribution in [2.75, 3.05) is 6.61 Å². The van der Waals surface area contributed by atoms with Crippen molar-refractivity contribution in [1.82, 2.24) is 0 Å². The summed E-state index contributed by atoms with van der Waals surface area (Å²) in [6, 6.07) is 5.05. The Hall–Kier alpha value is -1.62. The third-order valence-corrected chi connectivity index (χ3v) is 3.28. The van der Waals surface area contributed by atoms with Crippen LogP contribution in [0.4, 0.5) is 5.69 Å². The van der Waals surface area contributed by atoms with Crippen LogP contribution in [0.2, 0.25) is 0 Å². The maximum atomic E-state index is 11.0. The van der Waals surface area contributed by atoms with Crippen molar-refractivity contribution in [2.24, 2.45) is 5.73 Å². The average molecular weight is 266 g/mol. The van der Waals surface area contributed by atoms with E-state index in [0.717, 1.165) is 18.4 Å². The summed E-state index contributed by atoms with van der Waals surface area (Å²) < 4.78 is 5.47. The lowest BCUT2D eigenvalue weighted by molar-refractivity contribution is -0.385. The van der Waals surface area contributed by atoms with Gasteiger partial charge < -0.3 is 10.5 Å². The number of nitrogens with zero attached hydrogens (tertiary/aromatic N) is 1. The van der Waals surface area contributed by atoms with E-state index in [-0.39, 0.29) is 17.6 Å². The monoisotopic (exact) mass is 266 g/mol. The lowest BCUT2D eigenvalue weighted by Crippen LogP contribution is -2.25. The first kappa shape index (κ1) is 15.4. The second-order valence-electron chi connectivity index (χ2n) is 4.69. The Labute approximate surface area is 113 Å². The van der Waals surface area contributed by atoms with Crippen molar-refractivity contribution < 1.29 is 9.66 Å². The predicted octanol–water partition coefficient (Wildman–Crippen LogP) is 3.22. The fourth-order valence-corrected chi connectivity index (χ4v) is 1.89. The van der Waals surface area contributed by atoms with Gasteiger partial charge in [-0.3, -0.25) is 10.1 Å². The van der Waals surface area contributed by atoms with Crippen LogP contribution in [0.1, 0.15) is 45.1 Å². The van der Waals surface area contributed by atoms with Crippen molar-refractivity contribution in [3.8, 4) is 5.75 Å². The summed E-state index contributed by atoms with van der Waals surface area (Å²) in [6.07, 6.45) is 1.68. The number of ether oxygens (including phenoxy) is 1. The zero-order valence-electron chi connectivity index (χ0n) is 11.8. The number of nitro benzene ring substituents is 1. The zero-order valence-corrected chi connectivity index (χ0v) is 11.8. The van der Waals surface area contributed by atoms with E-state index in [0.29, 0.717) is 12.4 Å². The molecule has 2 atom stereocenters. The van der Waals surface area contributed by atoms with Gasteiger partial charge in [-0.25, -0.2) is 0 Å². The lowest BCUT2D eigenvalue weighted by Gasteiger charge is -2.19. The molecule has 0 amide bonds. The van der Waals surface area contributed by atoms with Gasteiger partial charge in [-0.2, -0.15) is 0 Å². The first-order chi connectivity index (χ1) is 9.01. The van der Waals surface area contributed by atoms with Crippen molar-refractivity contribution in [3.63, 3.8) is 0 Å². The summed E-state index contributed by atoms with van der Waals surface area (Å²) in [6.45, 7) is 6.49. The number of hydrogen-bond acceptors (Lipinski definition) is 4. The topological polar surface area (TPSA) is 78.4 Å². The second-order valence-corrected chi connectivity index (χ2v) is 4.69. The van der Waals surface area contributed by atoms with Gasteiger partial charge in [-0.05, 0) is 30.4 Å². The zero-order chi connectivity index (χ0) is 14.4. The third-order valence-electron chi connectivity index (χ3n) is 3.28. The number of benzene rings is 1. The molecule has 0 aromatic heterocycles. The molecule has 2 N–H and O–H groups in total. The quantitative estimate of drug-likeness (QED) is 0.607. The molecular weight excluding hydrogens is 244 g/mol. The molecule has 0 bridgehead atoms. The fraction of sp³-hybridized carbons (Fsp3) is 0.571. The summed E-state index contributed by atoms with van der Waals surface area (Å²) in [5, 5.41) is 11.0. The van der Waals surface area contributed by atoms with Gasteiger partial charge in [0.25, 0.3) is 0 Å². The van der Waals surface area contributed by atoms with Gasteiger partial charge in [-0.1, -0.05) is 26.8 Å². The molecule has 106 valence electrons. The molecule has 2 unspecified atom stereocenters. The van der Waals surface area contributed by atoms with E-state index in [4.69, 9.17) is 10.5 Å². The molecule has 0 aliphatic heterocycles. The van der Waals surface area contributed by atoms with Crippen molar-refractivity contribution in [1.29, 1.82) is 0 Å². The van der Waals surface area contributed by atoms with E-state index < -0.39 is 4.92 Å². The summed E-state index contributed by atoms with van der Waals surface area (Å²) in [5.74, 6) is 0.481. The fourth-order valence-electron chi connectivity index (χ4n) is 1.89. The number of nitro groups is 1. The highest BCUT2D eigenvalue weighted by Gasteiger charge is 2.19. The second kappa shape index (κ2) is 7.09. The molecule has 0 saturated heterocycles. The standard InChI is InChI=1S/C14H22N2O3/c1-4-8-19-14-9-11(10(3)12(15)5-2)6-7-13(14)16(17)18/h6-7,9-10,12H,4-5,8,15H2,1-3H3. The molecule has 0 spiro atoms. The highest BCUT2D eigenvalue weighted by molar-refractivity contribution is 5.49. The Bertz CT molecular complexity index is 435. The van der Waals surface area contributed by atoms with Crippen molar-refractivity contribution in [3.05, 3.63) is 33.9 Å². The number of rotatable bonds is 7. The maximum absolute atomic E-state index is 11.0. The van der Waals surface area contributed by atoms with Gasteiger partial charge in [0, 0.05) is 12.1 Å². The number of hydrogen-bond donors (Lipinski definition) is 1. The van der Waals surface area contributed by atoms with Gasteiger partial charge in [0.05, 0.1) is 11.5 Å². The van der Waals surface area contributed by atoms with Crippen LogP contribution in [0, 0.1) is 10.1 Å². The Kier molecular flexibility index (Phi) is 5.76. The summed E-state index contributed by atoms with van der Waals surface area (Å²) in [4.78, 5) is 10.5. The van der Waals surface area contributed by atoms with Crippen molar-refractivity contribution >= 4 is 5.69 Å². The summed E-state index contributed by atoms with van der Waals surface area (Å²) in [5.41, 5.74) is 7.01. The van der Waals surface area contributed by atoms with Crippen molar-refractivity contribution in [2.45, 2.75) is 45.6 Å². The Morgan fingerprint density at radius 3 is 2.63 bits per heavy atom. The Morgan fingerprint density at radius 1 is 1.42 bits per heavy atom. The van der Waals surface area contributed by atoms with Gasteiger partial charge in [0.2, 0.25) is 0 Å². The summed E-state index contributed by atoms with van der Waals surface area (Å²) >= 11 is 0. The first-order valence-electron chi connectivity index (χ1n) is 6.67. The van der Waals surface area contributed by atoms with Gasteiger partial charge in [0.1, 0.15) is 0 Å². The van der Waals surface area contributed by atoms with E-state index in [1.807, 2.05) is 20.8 Å². The SMILES string of the molecule is CCCOc1cc(C(C)C(N)CC)ccc1[N+](=O)[O-]. The molecule has 0 aliphatic carbocycles. The third kappa shape index (κ3) is 3.92. The van der Waals surface area contributed by atoms with Crippen LogP contribution in [0.3, 0.4) is 0 Å². The largest absolute Gasteiger partial charge is 0.487 e. The minimum absolute atomic E-state index is 0.00877. The van der Waals surface area contributed by atoms with E-state index in [2.05, 4.69) is 0 Å². The predicted molar refractivity (Wildman–Crippen MR) is 75.6 cm³/mol. The van der Waals surface area contributed by atoms with Crippen LogP contribution in [-0.4, -0.2) is 17.6 Å². The smallest absolute Gasteiger partial charge is 0.310 e. The molecule has 0 aliphatic rings. The Balaban J connectivity index is 3.06. The minimum atomic E-state index is -0.417. The molecule has 19 heavy (non-hydrogen) atoms. The van der Waals surface area contributed by atoms with Crippen LogP contribution >= 0.6 is 0 Å².